The molecular weight excluding hydrogens is 314 g/mol. The molecule has 0 aromatic carbocycles. The molecule has 0 aliphatic heterocycles. The molecule has 0 unspecified atom stereocenters. The lowest BCUT2D eigenvalue weighted by Crippen LogP contribution is -2.26. The zero-order valence-corrected chi connectivity index (χ0v) is 13.8. The first-order chi connectivity index (χ1) is 9.53. The number of aryl methyl sites for hydroxylation is 1. The molecule has 2 aromatic rings. The summed E-state index contributed by atoms with van der Waals surface area (Å²) in [5.74, 6) is 0. The molecule has 0 saturated carbocycles. The van der Waals surface area contributed by atoms with Crippen molar-refractivity contribution >= 4 is 32.7 Å². The quantitative estimate of drug-likeness (QED) is 0.811. The van der Waals surface area contributed by atoms with Gasteiger partial charge in [0, 0.05) is 29.8 Å². The van der Waals surface area contributed by atoms with E-state index < -0.39 is 10.0 Å². The maximum atomic E-state index is 12.2. The molecule has 0 bridgehead atoms. The fourth-order valence-corrected chi connectivity index (χ4v) is 4.90. The second-order valence-corrected chi connectivity index (χ2v) is 8.04. The van der Waals surface area contributed by atoms with Crippen LogP contribution in [0.25, 0.3) is 0 Å². The van der Waals surface area contributed by atoms with Gasteiger partial charge in [0.05, 0.1) is 15.6 Å². The topological polar surface area (TPSA) is 71.1 Å². The Kier molecular flexibility index (Phi) is 5.28. The third kappa shape index (κ3) is 3.86. The van der Waals surface area contributed by atoms with Crippen molar-refractivity contribution in [1.29, 1.82) is 0 Å². The Morgan fingerprint density at radius 1 is 1.35 bits per heavy atom. The van der Waals surface area contributed by atoms with E-state index in [-0.39, 0.29) is 0 Å². The molecule has 0 saturated heterocycles. The van der Waals surface area contributed by atoms with Gasteiger partial charge in [0.15, 0.2) is 0 Å². The second-order valence-electron chi connectivity index (χ2n) is 4.24. The number of nitrogens with zero attached hydrogens (tertiary/aromatic N) is 1. The molecule has 110 valence electrons. The average molecular weight is 331 g/mol. The van der Waals surface area contributed by atoms with Crippen molar-refractivity contribution < 1.29 is 8.42 Å². The average Bonchev–Trinajstić information content (AvgIpc) is 2.99. The highest BCUT2D eigenvalue weighted by Crippen LogP contribution is 2.21. The van der Waals surface area contributed by atoms with Crippen molar-refractivity contribution in [3.05, 3.63) is 32.4 Å². The number of nitrogens with one attached hydrogen (secondary N) is 2. The van der Waals surface area contributed by atoms with E-state index in [1.807, 2.05) is 12.3 Å². The lowest BCUT2D eigenvalue weighted by molar-refractivity contribution is 0.580. The van der Waals surface area contributed by atoms with Gasteiger partial charge < -0.3 is 5.32 Å². The van der Waals surface area contributed by atoms with Crippen molar-refractivity contribution in [2.24, 2.45) is 0 Å². The monoisotopic (exact) mass is 331 g/mol. The lowest BCUT2D eigenvalue weighted by Gasteiger charge is -2.07. The normalized spacial score (nSPS) is 11.9. The number of thiophene rings is 1. The zero-order valence-electron chi connectivity index (χ0n) is 11.3. The fraction of sp³-hybridized carbons (Fsp3) is 0.417. The van der Waals surface area contributed by atoms with Gasteiger partial charge in [0.2, 0.25) is 10.0 Å². The number of rotatable bonds is 7. The van der Waals surface area contributed by atoms with E-state index in [2.05, 4.69) is 15.0 Å². The molecule has 0 aliphatic rings. The summed E-state index contributed by atoms with van der Waals surface area (Å²) in [4.78, 5) is 5.51. The van der Waals surface area contributed by atoms with E-state index in [9.17, 15) is 8.42 Å². The smallest absolute Gasteiger partial charge is 0.241 e. The van der Waals surface area contributed by atoms with Crippen LogP contribution in [0.1, 0.15) is 15.6 Å². The van der Waals surface area contributed by atoms with Crippen LogP contribution in [0.4, 0.5) is 0 Å². The first kappa shape index (κ1) is 15.6. The summed E-state index contributed by atoms with van der Waals surface area (Å²) in [5, 5.41) is 7.73. The van der Waals surface area contributed by atoms with Crippen LogP contribution in [0.2, 0.25) is 0 Å². The van der Waals surface area contributed by atoms with Crippen molar-refractivity contribution in [3.8, 4) is 0 Å². The highest BCUT2D eigenvalue weighted by atomic mass is 32.2. The summed E-state index contributed by atoms with van der Waals surface area (Å²) in [6.07, 6.45) is 0.606. The number of sulfonamides is 1. The molecule has 2 rings (SSSR count). The summed E-state index contributed by atoms with van der Waals surface area (Å²) in [6.45, 7) is 2.85. The Labute approximate surface area is 127 Å². The van der Waals surface area contributed by atoms with Gasteiger partial charge in [-0.25, -0.2) is 18.1 Å². The maximum Gasteiger partial charge on any atom is 0.241 e. The standard InChI is InChI=1S/C12H17N3O2S3/c1-9-15-10(8-19-9)3-5-14-20(16,17)12-4-6-18-11(12)7-13-2/h4,6,8,13-14H,3,5,7H2,1-2H3. The first-order valence-electron chi connectivity index (χ1n) is 6.14. The van der Waals surface area contributed by atoms with E-state index >= 15 is 0 Å². The second kappa shape index (κ2) is 6.77. The molecule has 8 heteroatoms. The Morgan fingerprint density at radius 3 is 2.80 bits per heavy atom. The van der Waals surface area contributed by atoms with Gasteiger partial charge in [0.25, 0.3) is 0 Å². The predicted octanol–water partition coefficient (Wildman–Crippen LogP) is 1.75. The largest absolute Gasteiger partial charge is 0.315 e. The van der Waals surface area contributed by atoms with Gasteiger partial charge in [-0.2, -0.15) is 0 Å². The van der Waals surface area contributed by atoms with E-state index in [1.165, 1.54) is 11.3 Å². The van der Waals surface area contributed by atoms with Crippen LogP contribution in [-0.2, 0) is 23.0 Å². The van der Waals surface area contributed by atoms with Crippen molar-refractivity contribution in [2.45, 2.75) is 24.8 Å². The summed E-state index contributed by atoms with van der Waals surface area (Å²) in [5.41, 5.74) is 0.927. The van der Waals surface area contributed by atoms with Gasteiger partial charge in [-0.3, -0.25) is 0 Å². The molecule has 0 aliphatic carbocycles. The van der Waals surface area contributed by atoms with Crippen LogP contribution in [-0.4, -0.2) is 27.0 Å². The number of aromatic nitrogens is 1. The number of hydrogen-bond donors (Lipinski definition) is 2. The molecule has 0 spiro atoms. The highest BCUT2D eigenvalue weighted by molar-refractivity contribution is 7.89. The molecule has 0 amide bonds. The van der Waals surface area contributed by atoms with Crippen molar-refractivity contribution in [1.82, 2.24) is 15.0 Å². The third-order valence-electron chi connectivity index (χ3n) is 2.67. The minimum absolute atomic E-state index is 0.361. The molecule has 20 heavy (non-hydrogen) atoms. The Morgan fingerprint density at radius 2 is 2.15 bits per heavy atom. The summed E-state index contributed by atoms with van der Waals surface area (Å²) in [7, 11) is -1.64. The zero-order chi connectivity index (χ0) is 14.6. The molecule has 2 aromatic heterocycles. The Balaban J connectivity index is 1.98. The highest BCUT2D eigenvalue weighted by Gasteiger charge is 2.18. The van der Waals surface area contributed by atoms with Gasteiger partial charge in [-0.15, -0.1) is 22.7 Å². The third-order valence-corrected chi connectivity index (χ3v) is 6.09. The summed E-state index contributed by atoms with van der Waals surface area (Å²) in [6, 6.07) is 1.65. The van der Waals surface area contributed by atoms with E-state index in [1.54, 1.807) is 29.8 Å². The van der Waals surface area contributed by atoms with Gasteiger partial charge in [0.1, 0.15) is 0 Å². The maximum absolute atomic E-state index is 12.2. The molecule has 0 atom stereocenters. The molecular formula is C12H17N3O2S3. The SMILES string of the molecule is CNCc1sccc1S(=O)(=O)NCCc1csc(C)n1. The molecule has 2 N–H and O–H groups in total. The fourth-order valence-electron chi connectivity index (χ4n) is 1.77. The van der Waals surface area contributed by atoms with Crippen LogP contribution in [0.15, 0.2) is 21.7 Å². The minimum Gasteiger partial charge on any atom is -0.315 e. The Hall–Kier alpha value is -0.800. The van der Waals surface area contributed by atoms with E-state index in [0.29, 0.717) is 24.4 Å². The summed E-state index contributed by atoms with van der Waals surface area (Å²) < 4.78 is 27.1. The Bertz CT molecular complexity index is 661. The van der Waals surface area contributed by atoms with Crippen LogP contribution in [0, 0.1) is 6.92 Å². The molecule has 5 nitrogen and oxygen atoms in total. The van der Waals surface area contributed by atoms with Gasteiger partial charge >= 0.3 is 0 Å². The number of thiazole rings is 1. The van der Waals surface area contributed by atoms with Crippen molar-refractivity contribution in [2.75, 3.05) is 13.6 Å². The predicted molar refractivity (Wildman–Crippen MR) is 82.8 cm³/mol. The van der Waals surface area contributed by atoms with Gasteiger partial charge in [-0.05, 0) is 25.4 Å². The van der Waals surface area contributed by atoms with Crippen LogP contribution in [0.5, 0.6) is 0 Å². The van der Waals surface area contributed by atoms with Crippen LogP contribution < -0.4 is 10.0 Å². The van der Waals surface area contributed by atoms with Crippen molar-refractivity contribution in [3.63, 3.8) is 0 Å². The summed E-state index contributed by atoms with van der Waals surface area (Å²) >= 11 is 3.02. The van der Waals surface area contributed by atoms with Crippen LogP contribution >= 0.6 is 22.7 Å². The molecule has 0 fully saturated rings. The lowest BCUT2D eigenvalue weighted by atomic mass is 10.3. The van der Waals surface area contributed by atoms with E-state index in [0.717, 1.165) is 15.6 Å². The van der Waals surface area contributed by atoms with Crippen LogP contribution in [0.3, 0.4) is 0 Å². The van der Waals surface area contributed by atoms with E-state index in [4.69, 9.17) is 0 Å². The number of hydrogen-bond acceptors (Lipinski definition) is 6. The first-order valence-corrected chi connectivity index (χ1v) is 9.39. The molecule has 2 heterocycles. The van der Waals surface area contributed by atoms with Gasteiger partial charge in [-0.1, -0.05) is 0 Å². The minimum atomic E-state index is -3.44. The molecule has 0 radical (unpaired) electrons.